The number of benzene rings is 1. The van der Waals surface area contributed by atoms with Crippen molar-refractivity contribution in [2.75, 3.05) is 13.1 Å². The Kier molecular flexibility index (Phi) is 6.19. The zero-order valence-electron chi connectivity index (χ0n) is 12.0. The van der Waals surface area contributed by atoms with E-state index in [9.17, 15) is 0 Å². The summed E-state index contributed by atoms with van der Waals surface area (Å²) in [6.07, 6.45) is 8.30. The highest BCUT2D eigenvalue weighted by Crippen LogP contribution is 2.31. The zero-order chi connectivity index (χ0) is 13.5. The van der Waals surface area contributed by atoms with Crippen LogP contribution in [0.3, 0.4) is 0 Å². The van der Waals surface area contributed by atoms with Gasteiger partial charge in [-0.25, -0.2) is 0 Å². The maximum atomic E-state index is 6.09. The largest absolute Gasteiger partial charge is 0.317 e. The molecule has 0 aromatic heterocycles. The molecule has 106 valence electrons. The third kappa shape index (κ3) is 5.16. The number of rotatable bonds is 7. The molecule has 1 unspecified atom stereocenters. The lowest BCUT2D eigenvalue weighted by Crippen LogP contribution is -2.25. The summed E-state index contributed by atoms with van der Waals surface area (Å²) in [7, 11) is 0. The van der Waals surface area contributed by atoms with E-state index in [-0.39, 0.29) is 0 Å². The van der Waals surface area contributed by atoms with Crippen LogP contribution in [0.25, 0.3) is 0 Å². The molecular weight excluding hydrogens is 254 g/mol. The van der Waals surface area contributed by atoms with Crippen molar-refractivity contribution in [3.05, 3.63) is 34.9 Å². The van der Waals surface area contributed by atoms with Gasteiger partial charge in [0.15, 0.2) is 0 Å². The van der Waals surface area contributed by atoms with E-state index in [0.29, 0.717) is 0 Å². The summed E-state index contributed by atoms with van der Waals surface area (Å²) in [4.78, 5) is 0. The van der Waals surface area contributed by atoms with Crippen molar-refractivity contribution in [3.63, 3.8) is 0 Å². The van der Waals surface area contributed by atoms with Gasteiger partial charge in [-0.1, -0.05) is 56.3 Å². The van der Waals surface area contributed by atoms with Gasteiger partial charge in [-0.15, -0.1) is 0 Å². The van der Waals surface area contributed by atoms with Crippen LogP contribution in [0.15, 0.2) is 24.3 Å². The van der Waals surface area contributed by atoms with E-state index in [0.717, 1.165) is 36.4 Å². The topological polar surface area (TPSA) is 12.0 Å². The first-order valence-corrected chi connectivity index (χ1v) is 8.11. The average molecular weight is 280 g/mol. The second kappa shape index (κ2) is 7.91. The highest BCUT2D eigenvalue weighted by Gasteiger charge is 2.20. The van der Waals surface area contributed by atoms with Gasteiger partial charge in [0.25, 0.3) is 0 Å². The first-order chi connectivity index (χ1) is 9.28. The van der Waals surface area contributed by atoms with E-state index < -0.39 is 0 Å². The molecule has 2 heteroatoms. The monoisotopic (exact) mass is 279 g/mol. The van der Waals surface area contributed by atoms with Gasteiger partial charge >= 0.3 is 0 Å². The third-order valence-corrected chi connectivity index (χ3v) is 4.47. The summed E-state index contributed by atoms with van der Waals surface area (Å²) in [5.74, 6) is 1.71. The van der Waals surface area contributed by atoms with E-state index in [2.05, 4.69) is 30.4 Å². The Balaban J connectivity index is 1.92. The predicted octanol–water partition coefficient (Wildman–Crippen LogP) is 4.69. The first-order valence-electron chi connectivity index (χ1n) is 7.73. The fourth-order valence-corrected chi connectivity index (χ4v) is 3.51. The van der Waals surface area contributed by atoms with Gasteiger partial charge in [-0.05, 0) is 55.5 Å². The molecule has 1 aromatic rings. The van der Waals surface area contributed by atoms with Gasteiger partial charge < -0.3 is 5.32 Å². The molecule has 1 saturated carbocycles. The minimum absolute atomic E-state index is 0.751. The predicted molar refractivity (Wildman–Crippen MR) is 83.8 cm³/mol. The van der Waals surface area contributed by atoms with Gasteiger partial charge in [0.2, 0.25) is 0 Å². The van der Waals surface area contributed by atoms with Crippen LogP contribution in [0.5, 0.6) is 0 Å². The van der Waals surface area contributed by atoms with Gasteiger partial charge in [0.1, 0.15) is 0 Å². The molecule has 1 nitrogen and oxygen atoms in total. The van der Waals surface area contributed by atoms with Crippen LogP contribution in [0.2, 0.25) is 5.02 Å². The Morgan fingerprint density at radius 2 is 2.11 bits per heavy atom. The Hall–Kier alpha value is -0.530. The molecule has 1 aliphatic carbocycles. The minimum Gasteiger partial charge on any atom is -0.317 e. The maximum Gasteiger partial charge on any atom is 0.0408 e. The molecule has 2 rings (SSSR count). The first kappa shape index (κ1) is 14.9. The van der Waals surface area contributed by atoms with Gasteiger partial charge in [0, 0.05) is 5.02 Å². The second-order valence-electron chi connectivity index (χ2n) is 5.89. The number of hydrogen-bond donors (Lipinski definition) is 1. The Morgan fingerprint density at radius 3 is 2.79 bits per heavy atom. The molecule has 0 amide bonds. The lowest BCUT2D eigenvalue weighted by atomic mass is 9.88. The van der Waals surface area contributed by atoms with Crippen LogP contribution in [0.4, 0.5) is 0 Å². The SMILES string of the molecule is CCNCC(Cc1cccc(Cl)c1)CC1CCCC1. The van der Waals surface area contributed by atoms with Crippen molar-refractivity contribution in [1.29, 1.82) is 0 Å². The van der Waals surface area contributed by atoms with E-state index in [1.54, 1.807) is 0 Å². The Bertz CT molecular complexity index is 371. The summed E-state index contributed by atoms with van der Waals surface area (Å²) >= 11 is 6.09. The molecule has 1 aromatic carbocycles. The molecule has 0 bridgehead atoms. The van der Waals surface area contributed by atoms with Crippen LogP contribution in [0, 0.1) is 11.8 Å². The highest BCUT2D eigenvalue weighted by molar-refractivity contribution is 6.30. The van der Waals surface area contributed by atoms with Crippen molar-refractivity contribution in [2.24, 2.45) is 11.8 Å². The lowest BCUT2D eigenvalue weighted by molar-refractivity contribution is 0.359. The van der Waals surface area contributed by atoms with Crippen molar-refractivity contribution in [1.82, 2.24) is 5.32 Å². The molecule has 0 saturated heterocycles. The standard InChI is InChI=1S/C17H26ClN/c1-2-19-13-16(10-14-6-3-4-7-14)11-15-8-5-9-17(18)12-15/h5,8-9,12,14,16,19H,2-4,6-7,10-11,13H2,1H3. The normalized spacial score (nSPS) is 17.8. The van der Waals surface area contributed by atoms with Gasteiger partial charge in [-0.2, -0.15) is 0 Å². The molecule has 1 atom stereocenters. The fraction of sp³-hybridized carbons (Fsp3) is 0.647. The molecule has 0 heterocycles. The van der Waals surface area contributed by atoms with Gasteiger partial charge in [0.05, 0.1) is 0 Å². The molecule has 1 fully saturated rings. The molecule has 19 heavy (non-hydrogen) atoms. The molecule has 0 spiro atoms. The number of hydrogen-bond acceptors (Lipinski definition) is 1. The minimum atomic E-state index is 0.751. The number of halogens is 1. The van der Waals surface area contributed by atoms with Crippen molar-refractivity contribution < 1.29 is 0 Å². The van der Waals surface area contributed by atoms with Crippen molar-refractivity contribution in [3.8, 4) is 0 Å². The van der Waals surface area contributed by atoms with Crippen molar-refractivity contribution in [2.45, 2.75) is 45.4 Å². The number of nitrogens with one attached hydrogen (secondary N) is 1. The van der Waals surface area contributed by atoms with Crippen LogP contribution in [-0.2, 0) is 6.42 Å². The van der Waals surface area contributed by atoms with Crippen LogP contribution < -0.4 is 5.32 Å². The van der Waals surface area contributed by atoms with E-state index in [1.165, 1.54) is 37.7 Å². The molecular formula is C17H26ClN. The second-order valence-corrected chi connectivity index (χ2v) is 6.33. The lowest BCUT2D eigenvalue weighted by Gasteiger charge is -2.21. The summed E-state index contributed by atoms with van der Waals surface area (Å²) in [6, 6.07) is 8.35. The summed E-state index contributed by atoms with van der Waals surface area (Å²) < 4.78 is 0. The summed E-state index contributed by atoms with van der Waals surface area (Å²) in [5, 5.41) is 4.39. The third-order valence-electron chi connectivity index (χ3n) is 4.24. The van der Waals surface area contributed by atoms with Crippen LogP contribution in [0.1, 0.15) is 44.6 Å². The smallest absolute Gasteiger partial charge is 0.0408 e. The summed E-state index contributed by atoms with van der Waals surface area (Å²) in [6.45, 7) is 4.39. The van der Waals surface area contributed by atoms with Crippen molar-refractivity contribution >= 4 is 11.6 Å². The average Bonchev–Trinajstić information content (AvgIpc) is 2.89. The molecule has 1 N–H and O–H groups in total. The van der Waals surface area contributed by atoms with Gasteiger partial charge in [-0.3, -0.25) is 0 Å². The van der Waals surface area contributed by atoms with E-state index >= 15 is 0 Å². The molecule has 0 aliphatic heterocycles. The fourth-order valence-electron chi connectivity index (χ4n) is 3.30. The van der Waals surface area contributed by atoms with E-state index in [1.807, 2.05) is 6.07 Å². The molecule has 0 radical (unpaired) electrons. The zero-order valence-corrected chi connectivity index (χ0v) is 12.8. The summed E-state index contributed by atoms with van der Waals surface area (Å²) in [5.41, 5.74) is 1.38. The van der Waals surface area contributed by atoms with Crippen LogP contribution >= 0.6 is 11.6 Å². The Labute approximate surface area is 122 Å². The Morgan fingerprint density at radius 1 is 1.32 bits per heavy atom. The highest BCUT2D eigenvalue weighted by atomic mass is 35.5. The quantitative estimate of drug-likeness (QED) is 0.764. The molecule has 1 aliphatic rings. The van der Waals surface area contributed by atoms with E-state index in [4.69, 9.17) is 11.6 Å². The maximum absolute atomic E-state index is 6.09. The van der Waals surface area contributed by atoms with Crippen LogP contribution in [-0.4, -0.2) is 13.1 Å².